The number of aromatic nitrogens is 2. The highest BCUT2D eigenvalue weighted by molar-refractivity contribution is 6.31. The van der Waals surface area contributed by atoms with Gasteiger partial charge in [0, 0.05) is 27.3 Å². The van der Waals surface area contributed by atoms with Gasteiger partial charge in [0.2, 0.25) is 12.4 Å². The lowest BCUT2D eigenvalue weighted by molar-refractivity contribution is -0.282. The smallest absolute Gasteiger partial charge is 0.339 e. The van der Waals surface area contributed by atoms with Gasteiger partial charge in [0.1, 0.15) is 5.75 Å². The summed E-state index contributed by atoms with van der Waals surface area (Å²) in [6, 6.07) is 6.81. The number of guanidine groups is 1. The van der Waals surface area contributed by atoms with E-state index in [1.807, 2.05) is 0 Å². The van der Waals surface area contributed by atoms with Gasteiger partial charge in [-0.2, -0.15) is 0 Å². The second-order valence-electron chi connectivity index (χ2n) is 10.2. The number of carbonyl (C=O) groups excluding carboxylic acids is 5. The Morgan fingerprint density at radius 1 is 0.896 bits per heavy atom. The highest BCUT2D eigenvalue weighted by Crippen LogP contribution is 2.31. The minimum absolute atomic E-state index is 0.112. The van der Waals surface area contributed by atoms with Gasteiger partial charge in [-0.3, -0.25) is 29.5 Å². The SMILES string of the molecule is COC(=O)[C@H]1O[C@@H](Oc2ccc(CCCCN=C(N)NC(=O)c3nc(Cl)c(N)nc3N)cc2)[C@@H](OC(C)=O)[C@H](OC(C)=O)[C@H]1OC(C)=O. The first kappa shape index (κ1) is 37.2. The Morgan fingerprint density at radius 2 is 1.50 bits per heavy atom. The number of nitrogens with zero attached hydrogens (tertiary/aromatic N) is 3. The molecule has 19 heteroatoms. The summed E-state index contributed by atoms with van der Waals surface area (Å²) in [4.78, 5) is 72.4. The summed E-state index contributed by atoms with van der Waals surface area (Å²) < 4.78 is 32.4. The van der Waals surface area contributed by atoms with Gasteiger partial charge in [-0.15, -0.1) is 0 Å². The number of nitrogens with one attached hydrogen (secondary N) is 1. The summed E-state index contributed by atoms with van der Waals surface area (Å²) in [5, 5.41) is 2.19. The van der Waals surface area contributed by atoms with Gasteiger partial charge in [0.25, 0.3) is 5.91 Å². The van der Waals surface area contributed by atoms with E-state index in [4.69, 9.17) is 57.2 Å². The average Bonchev–Trinajstić information content (AvgIpc) is 3.01. The number of rotatable bonds is 12. The molecule has 2 heterocycles. The molecule has 0 radical (unpaired) electrons. The zero-order valence-corrected chi connectivity index (χ0v) is 27.2. The molecule has 0 bridgehead atoms. The van der Waals surface area contributed by atoms with Crippen LogP contribution in [0.25, 0.3) is 0 Å². The summed E-state index contributed by atoms with van der Waals surface area (Å²) in [6.07, 6.45) is -5.46. The van der Waals surface area contributed by atoms with E-state index >= 15 is 0 Å². The number of hydrogen-bond donors (Lipinski definition) is 4. The first-order valence-corrected chi connectivity index (χ1v) is 14.8. The van der Waals surface area contributed by atoms with Crippen molar-refractivity contribution in [2.45, 2.75) is 70.7 Å². The average molecular weight is 694 g/mol. The van der Waals surface area contributed by atoms with Crippen LogP contribution in [0.5, 0.6) is 5.75 Å². The van der Waals surface area contributed by atoms with Crippen LogP contribution in [0.2, 0.25) is 5.15 Å². The topological polar surface area (TPSA) is 269 Å². The fourth-order valence-electron chi connectivity index (χ4n) is 4.51. The third-order valence-corrected chi connectivity index (χ3v) is 6.81. The van der Waals surface area contributed by atoms with Crippen LogP contribution in [-0.2, 0) is 49.3 Å². The first-order chi connectivity index (χ1) is 22.7. The van der Waals surface area contributed by atoms with Crippen LogP contribution in [-0.4, -0.2) is 90.1 Å². The maximum Gasteiger partial charge on any atom is 0.339 e. The Balaban J connectivity index is 1.62. The third-order valence-electron chi connectivity index (χ3n) is 6.53. The van der Waals surface area contributed by atoms with E-state index in [-0.39, 0.29) is 34.2 Å². The van der Waals surface area contributed by atoms with Crippen molar-refractivity contribution in [3.8, 4) is 5.75 Å². The Kier molecular flexibility index (Phi) is 13.2. The number of amides is 1. The van der Waals surface area contributed by atoms with Gasteiger partial charge in [-0.1, -0.05) is 23.7 Å². The van der Waals surface area contributed by atoms with Crippen LogP contribution in [0.1, 0.15) is 49.7 Å². The summed E-state index contributed by atoms with van der Waals surface area (Å²) >= 11 is 5.80. The van der Waals surface area contributed by atoms with Gasteiger partial charge in [0.05, 0.1) is 7.11 Å². The number of hydrogen-bond acceptors (Lipinski definition) is 16. The second kappa shape index (κ2) is 17.1. The lowest BCUT2D eigenvalue weighted by Gasteiger charge is -2.43. The van der Waals surface area contributed by atoms with Crippen LogP contribution >= 0.6 is 11.6 Å². The lowest BCUT2D eigenvalue weighted by atomic mass is 9.97. The molecule has 1 saturated heterocycles. The Morgan fingerprint density at radius 3 is 2.10 bits per heavy atom. The number of anilines is 2. The molecule has 0 saturated carbocycles. The third kappa shape index (κ3) is 10.4. The number of esters is 4. The largest absolute Gasteiger partial charge is 0.467 e. The fourth-order valence-corrected chi connectivity index (χ4v) is 4.63. The minimum Gasteiger partial charge on any atom is -0.467 e. The quantitative estimate of drug-likeness (QED) is 0.0771. The number of nitrogen functional groups attached to an aromatic ring is 2. The molecule has 260 valence electrons. The highest BCUT2D eigenvalue weighted by Gasteiger charge is 2.55. The van der Waals surface area contributed by atoms with Crippen molar-refractivity contribution in [1.82, 2.24) is 15.3 Å². The summed E-state index contributed by atoms with van der Waals surface area (Å²) in [6.45, 7) is 3.61. The molecule has 5 atom stereocenters. The molecule has 1 aromatic carbocycles. The van der Waals surface area contributed by atoms with E-state index in [9.17, 15) is 24.0 Å². The number of ether oxygens (including phenoxy) is 6. The van der Waals surface area contributed by atoms with Crippen LogP contribution in [0.15, 0.2) is 29.3 Å². The number of benzene rings is 1. The zero-order valence-electron chi connectivity index (χ0n) is 26.5. The molecular formula is C29H36ClN7O11. The maximum atomic E-state index is 12.6. The van der Waals surface area contributed by atoms with Crippen molar-refractivity contribution in [1.29, 1.82) is 0 Å². The second-order valence-corrected chi connectivity index (χ2v) is 10.6. The maximum absolute atomic E-state index is 12.6. The summed E-state index contributed by atoms with van der Waals surface area (Å²) in [5.74, 6) is -4.27. The van der Waals surface area contributed by atoms with E-state index < -0.39 is 60.5 Å². The molecule has 1 aliphatic heterocycles. The standard InChI is InChI=1S/C29H36ClN7O11/c1-13(38)44-19-20(45-14(2)39)22(46-15(3)40)28(48-21(19)27(42)43-4)47-17-10-8-16(9-11-17)7-5-6-12-34-29(33)37-26(41)18-24(31)36-25(32)23(30)35-18/h8-11,19-22,28H,5-7,12H2,1-4H3,(H4,31,32,36)(H3,33,34,37,41)/t19-,20-,21+,22+,28-/m1/s1. The van der Waals surface area contributed by atoms with Gasteiger partial charge in [-0.25, -0.2) is 14.8 Å². The number of aryl methyl sites for hydroxylation is 1. The van der Waals surface area contributed by atoms with E-state index in [0.29, 0.717) is 25.8 Å². The number of aliphatic imine (C=N–C) groups is 1. The monoisotopic (exact) mass is 693 g/mol. The number of methoxy groups -OCH3 is 1. The summed E-state index contributed by atoms with van der Waals surface area (Å²) in [5.41, 5.74) is 17.7. The Bertz CT molecular complexity index is 1540. The molecule has 2 aromatic rings. The molecule has 1 fully saturated rings. The molecule has 48 heavy (non-hydrogen) atoms. The van der Waals surface area contributed by atoms with Gasteiger partial charge >= 0.3 is 23.9 Å². The predicted molar refractivity (Wildman–Crippen MR) is 167 cm³/mol. The van der Waals surface area contributed by atoms with E-state index in [2.05, 4.69) is 20.3 Å². The molecule has 1 amide bonds. The van der Waals surface area contributed by atoms with Gasteiger partial charge in [0.15, 0.2) is 46.8 Å². The lowest BCUT2D eigenvalue weighted by Crippen LogP contribution is -2.64. The molecule has 0 spiro atoms. The Labute approximate surface area is 279 Å². The van der Waals surface area contributed by atoms with Crippen molar-refractivity contribution in [2.24, 2.45) is 10.7 Å². The predicted octanol–water partition coefficient (Wildman–Crippen LogP) is 0.434. The number of nitrogens with two attached hydrogens (primary N) is 3. The molecule has 1 aliphatic rings. The molecule has 0 unspecified atom stereocenters. The highest BCUT2D eigenvalue weighted by atomic mass is 35.5. The van der Waals surface area contributed by atoms with Crippen LogP contribution in [0, 0.1) is 0 Å². The van der Waals surface area contributed by atoms with Gasteiger partial charge < -0.3 is 45.6 Å². The molecule has 18 nitrogen and oxygen atoms in total. The molecule has 0 aliphatic carbocycles. The van der Waals surface area contributed by atoms with E-state index in [1.165, 1.54) is 0 Å². The number of unbranched alkanes of at least 4 members (excludes halogenated alkanes) is 1. The Hall–Kier alpha value is -5.23. The van der Waals surface area contributed by atoms with Crippen molar-refractivity contribution in [3.05, 3.63) is 40.7 Å². The van der Waals surface area contributed by atoms with Crippen molar-refractivity contribution >= 4 is 59.0 Å². The fraction of sp³-hybridized carbons (Fsp3) is 0.448. The molecule has 1 aromatic heterocycles. The number of carbonyl (C=O) groups is 5. The van der Waals surface area contributed by atoms with Crippen molar-refractivity contribution < 1.29 is 52.4 Å². The first-order valence-electron chi connectivity index (χ1n) is 14.4. The van der Waals surface area contributed by atoms with Crippen LogP contribution in [0.3, 0.4) is 0 Å². The number of halogens is 1. The van der Waals surface area contributed by atoms with Crippen LogP contribution < -0.4 is 27.3 Å². The van der Waals surface area contributed by atoms with Crippen LogP contribution in [0.4, 0.5) is 11.6 Å². The van der Waals surface area contributed by atoms with E-state index in [0.717, 1.165) is 33.4 Å². The van der Waals surface area contributed by atoms with E-state index in [1.54, 1.807) is 24.3 Å². The van der Waals surface area contributed by atoms with Gasteiger partial charge in [-0.05, 0) is 37.0 Å². The minimum atomic E-state index is -1.58. The summed E-state index contributed by atoms with van der Waals surface area (Å²) in [7, 11) is 1.09. The normalized spacial score (nSPS) is 20.6. The van der Waals surface area contributed by atoms with Crippen molar-refractivity contribution in [2.75, 3.05) is 25.1 Å². The zero-order chi connectivity index (χ0) is 35.5. The molecule has 3 rings (SSSR count). The molecule has 7 N–H and O–H groups in total. The molecular weight excluding hydrogens is 658 g/mol. The van der Waals surface area contributed by atoms with Crippen molar-refractivity contribution in [3.63, 3.8) is 0 Å².